The van der Waals surface area contributed by atoms with E-state index in [-0.39, 0.29) is 18.9 Å². The highest BCUT2D eigenvalue weighted by Crippen LogP contribution is 2.12. The highest BCUT2D eigenvalue weighted by atomic mass is 16.5. The van der Waals surface area contributed by atoms with Gasteiger partial charge in [-0.1, -0.05) is 24.3 Å². The molecule has 2 rings (SSSR count). The van der Waals surface area contributed by atoms with E-state index >= 15 is 0 Å². The Morgan fingerprint density at radius 2 is 1.61 bits per heavy atom. The van der Waals surface area contributed by atoms with Crippen LogP contribution < -0.4 is 5.32 Å². The summed E-state index contributed by atoms with van der Waals surface area (Å²) in [5.41, 5.74) is 2.98. The van der Waals surface area contributed by atoms with Crippen LogP contribution in [0.3, 0.4) is 0 Å². The van der Waals surface area contributed by atoms with Crippen molar-refractivity contribution >= 4 is 23.5 Å². The Kier molecular flexibility index (Phi) is 7.75. The van der Waals surface area contributed by atoms with Gasteiger partial charge in [0.2, 0.25) is 0 Å². The molecular weight excluding hydrogens is 356 g/mol. The second kappa shape index (κ2) is 10.3. The summed E-state index contributed by atoms with van der Waals surface area (Å²) >= 11 is 0. The van der Waals surface area contributed by atoms with E-state index in [4.69, 9.17) is 4.74 Å². The molecule has 148 valence electrons. The van der Waals surface area contributed by atoms with Crippen molar-refractivity contribution < 1.29 is 19.1 Å². The standard InChI is InChI=1S/C22H26N2O4/c1-4-24(5-2)22(27)17-10-12-19(13-11-17)23-20(25)15-28-21(26)14-18-9-7-6-8-16(18)3/h6-13H,4-5,14-15H2,1-3H3,(H,23,25). The molecule has 0 aliphatic carbocycles. The SMILES string of the molecule is CCN(CC)C(=O)c1ccc(NC(=O)COC(=O)Cc2ccccc2C)cc1. The summed E-state index contributed by atoms with van der Waals surface area (Å²) in [4.78, 5) is 37.9. The highest BCUT2D eigenvalue weighted by molar-refractivity contribution is 5.96. The van der Waals surface area contributed by atoms with Crippen LogP contribution in [-0.4, -0.2) is 42.4 Å². The molecule has 6 nitrogen and oxygen atoms in total. The molecule has 0 heterocycles. The third-order valence-electron chi connectivity index (χ3n) is 4.43. The molecular formula is C22H26N2O4. The number of anilines is 1. The van der Waals surface area contributed by atoms with Crippen LogP contribution in [0.15, 0.2) is 48.5 Å². The van der Waals surface area contributed by atoms with Gasteiger partial charge in [0.05, 0.1) is 6.42 Å². The molecule has 1 N–H and O–H groups in total. The van der Waals surface area contributed by atoms with Gasteiger partial charge < -0.3 is 15.0 Å². The highest BCUT2D eigenvalue weighted by Gasteiger charge is 2.13. The number of ether oxygens (including phenoxy) is 1. The summed E-state index contributed by atoms with van der Waals surface area (Å²) < 4.78 is 5.05. The average Bonchev–Trinajstić information content (AvgIpc) is 2.69. The monoisotopic (exact) mass is 382 g/mol. The number of esters is 1. The normalized spacial score (nSPS) is 10.2. The first-order valence-electron chi connectivity index (χ1n) is 9.33. The largest absolute Gasteiger partial charge is 0.455 e. The minimum Gasteiger partial charge on any atom is -0.455 e. The van der Waals surface area contributed by atoms with Crippen LogP contribution in [0.5, 0.6) is 0 Å². The van der Waals surface area contributed by atoms with E-state index in [9.17, 15) is 14.4 Å². The van der Waals surface area contributed by atoms with Gasteiger partial charge in [0.15, 0.2) is 6.61 Å². The van der Waals surface area contributed by atoms with Crippen molar-refractivity contribution in [3.05, 3.63) is 65.2 Å². The number of carbonyl (C=O) groups is 3. The van der Waals surface area contributed by atoms with Crippen molar-refractivity contribution in [3.63, 3.8) is 0 Å². The second-order valence-corrected chi connectivity index (χ2v) is 6.37. The third kappa shape index (κ3) is 5.94. The maximum Gasteiger partial charge on any atom is 0.310 e. The van der Waals surface area contributed by atoms with Crippen LogP contribution >= 0.6 is 0 Å². The van der Waals surface area contributed by atoms with Crippen LogP contribution in [0.4, 0.5) is 5.69 Å². The fourth-order valence-electron chi connectivity index (χ4n) is 2.75. The van der Waals surface area contributed by atoms with Crippen LogP contribution in [0.2, 0.25) is 0 Å². The first-order chi connectivity index (χ1) is 13.4. The fraction of sp³-hybridized carbons (Fsp3) is 0.318. The van der Waals surface area contributed by atoms with E-state index in [0.717, 1.165) is 11.1 Å². The third-order valence-corrected chi connectivity index (χ3v) is 4.43. The van der Waals surface area contributed by atoms with Gasteiger partial charge >= 0.3 is 5.97 Å². The molecule has 0 unspecified atom stereocenters. The average molecular weight is 382 g/mol. The predicted molar refractivity (Wildman–Crippen MR) is 108 cm³/mol. The minimum absolute atomic E-state index is 0.0481. The van der Waals surface area contributed by atoms with E-state index in [1.807, 2.05) is 45.0 Å². The molecule has 2 aromatic rings. The molecule has 0 bridgehead atoms. The van der Waals surface area contributed by atoms with E-state index in [0.29, 0.717) is 24.3 Å². The molecule has 0 saturated heterocycles. The Morgan fingerprint density at radius 3 is 2.21 bits per heavy atom. The van der Waals surface area contributed by atoms with E-state index in [2.05, 4.69) is 5.32 Å². The molecule has 2 aromatic carbocycles. The number of amides is 2. The Bertz CT molecular complexity index is 827. The number of rotatable bonds is 8. The van der Waals surface area contributed by atoms with Crippen LogP contribution in [0, 0.1) is 6.92 Å². The maximum atomic E-state index is 12.3. The van der Waals surface area contributed by atoms with Crippen molar-refractivity contribution in [3.8, 4) is 0 Å². The van der Waals surface area contributed by atoms with Crippen molar-refractivity contribution in [2.75, 3.05) is 25.0 Å². The molecule has 0 aromatic heterocycles. The van der Waals surface area contributed by atoms with Gasteiger partial charge in [0.25, 0.3) is 11.8 Å². The van der Waals surface area contributed by atoms with Crippen LogP contribution in [0.1, 0.15) is 35.3 Å². The molecule has 0 fully saturated rings. The lowest BCUT2D eigenvalue weighted by molar-refractivity contribution is -0.146. The lowest BCUT2D eigenvalue weighted by Crippen LogP contribution is -2.30. The van der Waals surface area contributed by atoms with E-state index in [1.165, 1.54) is 0 Å². The summed E-state index contributed by atoms with van der Waals surface area (Å²) in [5, 5.41) is 2.65. The van der Waals surface area contributed by atoms with Gasteiger partial charge in [-0.3, -0.25) is 14.4 Å². The number of hydrogen-bond acceptors (Lipinski definition) is 4. The fourth-order valence-corrected chi connectivity index (χ4v) is 2.75. The van der Waals surface area contributed by atoms with Crippen LogP contribution in [0.25, 0.3) is 0 Å². The van der Waals surface area contributed by atoms with Gasteiger partial charge in [-0.2, -0.15) is 0 Å². The summed E-state index contributed by atoms with van der Waals surface area (Å²) in [6.07, 6.45) is 0.127. The molecule has 0 atom stereocenters. The van der Waals surface area contributed by atoms with E-state index < -0.39 is 11.9 Å². The number of benzene rings is 2. The van der Waals surface area contributed by atoms with Crippen molar-refractivity contribution in [1.29, 1.82) is 0 Å². The Hall–Kier alpha value is -3.15. The first-order valence-corrected chi connectivity index (χ1v) is 9.33. The molecule has 0 aliphatic heterocycles. The topological polar surface area (TPSA) is 75.7 Å². The van der Waals surface area contributed by atoms with Gasteiger partial charge in [0, 0.05) is 24.3 Å². The zero-order chi connectivity index (χ0) is 20.5. The van der Waals surface area contributed by atoms with Gasteiger partial charge in [-0.15, -0.1) is 0 Å². The summed E-state index contributed by atoms with van der Waals surface area (Å²) in [6.45, 7) is 6.70. The smallest absolute Gasteiger partial charge is 0.310 e. The summed E-state index contributed by atoms with van der Waals surface area (Å²) in [7, 11) is 0. The Balaban J connectivity index is 1.83. The maximum absolute atomic E-state index is 12.3. The predicted octanol–water partition coefficient (Wildman–Crippen LogP) is 3.20. The Morgan fingerprint density at radius 1 is 0.964 bits per heavy atom. The van der Waals surface area contributed by atoms with Crippen molar-refractivity contribution in [2.45, 2.75) is 27.2 Å². The quantitative estimate of drug-likeness (QED) is 0.712. The lowest BCUT2D eigenvalue weighted by Gasteiger charge is -2.18. The van der Waals surface area contributed by atoms with Gasteiger partial charge in [0.1, 0.15) is 0 Å². The van der Waals surface area contributed by atoms with Crippen LogP contribution in [-0.2, 0) is 20.7 Å². The van der Waals surface area contributed by atoms with Crippen molar-refractivity contribution in [1.82, 2.24) is 4.90 Å². The molecule has 2 amide bonds. The number of nitrogens with one attached hydrogen (secondary N) is 1. The summed E-state index contributed by atoms with van der Waals surface area (Å²) in [6, 6.07) is 14.2. The summed E-state index contributed by atoms with van der Waals surface area (Å²) in [5.74, 6) is -0.932. The second-order valence-electron chi connectivity index (χ2n) is 6.37. The lowest BCUT2D eigenvalue weighted by atomic mass is 10.1. The molecule has 0 radical (unpaired) electrons. The molecule has 0 aliphatic rings. The van der Waals surface area contributed by atoms with Gasteiger partial charge in [-0.25, -0.2) is 0 Å². The van der Waals surface area contributed by atoms with E-state index in [1.54, 1.807) is 29.2 Å². The zero-order valence-corrected chi connectivity index (χ0v) is 16.5. The number of hydrogen-bond donors (Lipinski definition) is 1. The molecule has 6 heteroatoms. The number of aryl methyl sites for hydroxylation is 1. The Labute approximate surface area is 165 Å². The van der Waals surface area contributed by atoms with Crippen molar-refractivity contribution in [2.24, 2.45) is 0 Å². The number of carbonyl (C=O) groups excluding carboxylic acids is 3. The molecule has 28 heavy (non-hydrogen) atoms. The number of nitrogens with zero attached hydrogens (tertiary/aromatic N) is 1. The first kappa shape index (κ1) is 21.2. The molecule has 0 spiro atoms. The minimum atomic E-state index is -0.454. The van der Waals surface area contributed by atoms with Gasteiger partial charge in [-0.05, 0) is 56.2 Å². The zero-order valence-electron chi connectivity index (χ0n) is 16.5. The molecule has 0 saturated carbocycles.